The summed E-state index contributed by atoms with van der Waals surface area (Å²) in [6.07, 6.45) is 1.33. The maximum Gasteiger partial charge on any atom is 0.321 e. The van der Waals surface area contributed by atoms with Gasteiger partial charge >= 0.3 is 12.0 Å². The van der Waals surface area contributed by atoms with Gasteiger partial charge in [0.2, 0.25) is 0 Å². The summed E-state index contributed by atoms with van der Waals surface area (Å²) in [5, 5.41) is 12.4. The van der Waals surface area contributed by atoms with Crippen LogP contribution in [0.4, 0.5) is 10.5 Å². The standard InChI is InChI=1S/C14H17ClN2O3/c1-9-4-5-11(15)7-12(9)16-14(20)17-6-2-3-10(8-17)13(18)19/h4-5,7,10H,2-3,6,8H2,1H3,(H,16,20)(H,18,19)/t10-/m0/s1. The molecule has 1 heterocycles. The molecule has 1 aromatic rings. The van der Waals surface area contributed by atoms with Crippen LogP contribution in [-0.4, -0.2) is 35.1 Å². The van der Waals surface area contributed by atoms with Crippen molar-refractivity contribution in [3.63, 3.8) is 0 Å². The Kier molecular flexibility index (Phi) is 4.49. The van der Waals surface area contributed by atoms with E-state index in [0.29, 0.717) is 30.1 Å². The Morgan fingerprint density at radius 2 is 2.20 bits per heavy atom. The summed E-state index contributed by atoms with van der Waals surface area (Å²) >= 11 is 5.91. The van der Waals surface area contributed by atoms with Gasteiger partial charge in [0.15, 0.2) is 0 Å². The number of aryl methyl sites for hydroxylation is 1. The minimum absolute atomic E-state index is 0.251. The summed E-state index contributed by atoms with van der Waals surface area (Å²) in [4.78, 5) is 24.7. The molecule has 0 aromatic heterocycles. The molecule has 108 valence electrons. The van der Waals surface area contributed by atoms with Crippen LogP contribution in [0.25, 0.3) is 0 Å². The third-order valence-electron chi connectivity index (χ3n) is 3.50. The monoisotopic (exact) mass is 296 g/mol. The van der Waals surface area contributed by atoms with E-state index in [0.717, 1.165) is 5.56 Å². The van der Waals surface area contributed by atoms with Gasteiger partial charge in [0.25, 0.3) is 0 Å². The van der Waals surface area contributed by atoms with Gasteiger partial charge in [-0.15, -0.1) is 0 Å². The molecule has 0 spiro atoms. The maximum absolute atomic E-state index is 12.2. The predicted octanol–water partition coefficient (Wildman–Crippen LogP) is 2.98. The molecular weight excluding hydrogens is 280 g/mol. The highest BCUT2D eigenvalue weighted by Gasteiger charge is 2.28. The fourth-order valence-corrected chi connectivity index (χ4v) is 2.46. The highest BCUT2D eigenvalue weighted by atomic mass is 35.5. The van der Waals surface area contributed by atoms with Crippen LogP contribution in [0.15, 0.2) is 18.2 Å². The average molecular weight is 297 g/mol. The average Bonchev–Trinajstić information content (AvgIpc) is 2.43. The molecule has 2 amide bonds. The van der Waals surface area contributed by atoms with Gasteiger partial charge in [0.05, 0.1) is 5.92 Å². The van der Waals surface area contributed by atoms with Gasteiger partial charge in [0, 0.05) is 23.8 Å². The number of nitrogens with one attached hydrogen (secondary N) is 1. The van der Waals surface area contributed by atoms with Crippen molar-refractivity contribution in [3.05, 3.63) is 28.8 Å². The number of nitrogens with zero attached hydrogens (tertiary/aromatic N) is 1. The summed E-state index contributed by atoms with van der Waals surface area (Å²) in [5.74, 6) is -1.32. The molecule has 0 aliphatic carbocycles. The molecule has 0 unspecified atom stereocenters. The Balaban J connectivity index is 2.04. The smallest absolute Gasteiger partial charge is 0.321 e. The number of piperidine rings is 1. The lowest BCUT2D eigenvalue weighted by Gasteiger charge is -2.30. The van der Waals surface area contributed by atoms with Crippen LogP contribution < -0.4 is 5.32 Å². The summed E-state index contributed by atoms with van der Waals surface area (Å²) in [6, 6.07) is 5.00. The second-order valence-corrected chi connectivity index (χ2v) is 5.45. The molecule has 1 fully saturated rings. The number of anilines is 1. The van der Waals surface area contributed by atoms with Crippen molar-refractivity contribution >= 4 is 29.3 Å². The Bertz CT molecular complexity index is 533. The Morgan fingerprint density at radius 1 is 1.45 bits per heavy atom. The molecule has 0 radical (unpaired) electrons. The highest BCUT2D eigenvalue weighted by molar-refractivity contribution is 6.31. The molecule has 6 heteroatoms. The number of halogens is 1. The lowest BCUT2D eigenvalue weighted by atomic mass is 9.99. The molecule has 1 saturated heterocycles. The number of hydrogen-bond donors (Lipinski definition) is 2. The minimum Gasteiger partial charge on any atom is -0.481 e. The number of likely N-dealkylation sites (tertiary alicyclic amines) is 1. The topological polar surface area (TPSA) is 69.6 Å². The normalized spacial score (nSPS) is 18.7. The summed E-state index contributed by atoms with van der Waals surface area (Å²) in [7, 11) is 0. The zero-order valence-corrected chi connectivity index (χ0v) is 12.0. The first kappa shape index (κ1) is 14.7. The number of amides is 2. The third kappa shape index (κ3) is 3.42. The zero-order chi connectivity index (χ0) is 14.7. The number of hydrogen-bond acceptors (Lipinski definition) is 2. The number of benzene rings is 1. The molecule has 1 atom stereocenters. The van der Waals surface area contributed by atoms with Gasteiger partial charge in [-0.05, 0) is 37.5 Å². The number of rotatable bonds is 2. The molecule has 5 nitrogen and oxygen atoms in total. The third-order valence-corrected chi connectivity index (χ3v) is 3.73. The van der Waals surface area contributed by atoms with E-state index in [9.17, 15) is 9.59 Å². The van der Waals surface area contributed by atoms with Crippen molar-refractivity contribution in [2.45, 2.75) is 19.8 Å². The molecule has 0 saturated carbocycles. The number of carboxylic acid groups (broad SMARTS) is 1. The largest absolute Gasteiger partial charge is 0.481 e. The van der Waals surface area contributed by atoms with Crippen molar-refractivity contribution in [2.75, 3.05) is 18.4 Å². The van der Waals surface area contributed by atoms with E-state index in [2.05, 4.69) is 5.32 Å². The van der Waals surface area contributed by atoms with Crippen molar-refractivity contribution in [3.8, 4) is 0 Å². The quantitative estimate of drug-likeness (QED) is 0.881. The van der Waals surface area contributed by atoms with E-state index in [-0.39, 0.29) is 12.6 Å². The fraction of sp³-hybridized carbons (Fsp3) is 0.429. The molecule has 2 rings (SSSR count). The first-order chi connectivity index (χ1) is 9.47. The fourth-order valence-electron chi connectivity index (χ4n) is 2.29. The molecular formula is C14H17ClN2O3. The van der Waals surface area contributed by atoms with Gasteiger partial charge < -0.3 is 15.3 Å². The van der Waals surface area contributed by atoms with Crippen LogP contribution >= 0.6 is 11.6 Å². The Hall–Kier alpha value is -1.75. The number of carbonyl (C=O) groups excluding carboxylic acids is 1. The van der Waals surface area contributed by atoms with E-state index in [4.69, 9.17) is 16.7 Å². The molecule has 1 aromatic carbocycles. The molecule has 0 bridgehead atoms. The Morgan fingerprint density at radius 3 is 2.90 bits per heavy atom. The van der Waals surface area contributed by atoms with E-state index >= 15 is 0 Å². The van der Waals surface area contributed by atoms with Crippen LogP contribution in [0.2, 0.25) is 5.02 Å². The lowest BCUT2D eigenvalue weighted by Crippen LogP contribution is -2.44. The van der Waals surface area contributed by atoms with Gasteiger partial charge in [-0.3, -0.25) is 4.79 Å². The second-order valence-electron chi connectivity index (χ2n) is 5.01. The Labute approximate surface area is 122 Å². The lowest BCUT2D eigenvalue weighted by molar-refractivity contribution is -0.143. The summed E-state index contributed by atoms with van der Waals surface area (Å²) < 4.78 is 0. The number of urea groups is 1. The summed E-state index contributed by atoms with van der Waals surface area (Å²) in [5.41, 5.74) is 1.56. The van der Waals surface area contributed by atoms with Crippen molar-refractivity contribution in [1.82, 2.24) is 4.90 Å². The van der Waals surface area contributed by atoms with Gasteiger partial charge in [-0.25, -0.2) is 4.79 Å². The minimum atomic E-state index is -0.846. The molecule has 1 aliphatic rings. The first-order valence-electron chi connectivity index (χ1n) is 6.52. The number of carbonyl (C=O) groups is 2. The van der Waals surface area contributed by atoms with Crippen LogP contribution in [-0.2, 0) is 4.79 Å². The van der Waals surface area contributed by atoms with E-state index in [1.165, 1.54) is 0 Å². The maximum atomic E-state index is 12.2. The van der Waals surface area contributed by atoms with Crippen molar-refractivity contribution in [2.24, 2.45) is 5.92 Å². The number of carboxylic acids is 1. The SMILES string of the molecule is Cc1ccc(Cl)cc1NC(=O)N1CCC[C@H](C(=O)O)C1. The van der Waals surface area contributed by atoms with E-state index in [1.54, 1.807) is 17.0 Å². The van der Waals surface area contributed by atoms with Gasteiger partial charge in [-0.1, -0.05) is 17.7 Å². The predicted molar refractivity (Wildman–Crippen MR) is 77.1 cm³/mol. The van der Waals surface area contributed by atoms with E-state index < -0.39 is 11.9 Å². The van der Waals surface area contributed by atoms with Crippen LogP contribution in [0.1, 0.15) is 18.4 Å². The molecule has 2 N–H and O–H groups in total. The van der Waals surface area contributed by atoms with E-state index in [1.807, 2.05) is 13.0 Å². The van der Waals surface area contributed by atoms with Crippen LogP contribution in [0.3, 0.4) is 0 Å². The molecule has 20 heavy (non-hydrogen) atoms. The first-order valence-corrected chi connectivity index (χ1v) is 6.90. The van der Waals surface area contributed by atoms with Gasteiger partial charge in [-0.2, -0.15) is 0 Å². The molecule has 1 aliphatic heterocycles. The number of aliphatic carboxylic acids is 1. The van der Waals surface area contributed by atoms with Crippen molar-refractivity contribution < 1.29 is 14.7 Å². The van der Waals surface area contributed by atoms with Gasteiger partial charge in [0.1, 0.15) is 0 Å². The highest BCUT2D eigenvalue weighted by Crippen LogP contribution is 2.22. The second kappa shape index (κ2) is 6.13. The van der Waals surface area contributed by atoms with Crippen LogP contribution in [0.5, 0.6) is 0 Å². The zero-order valence-electron chi connectivity index (χ0n) is 11.2. The van der Waals surface area contributed by atoms with Crippen LogP contribution in [0, 0.1) is 12.8 Å². The summed E-state index contributed by atoms with van der Waals surface area (Å²) in [6.45, 7) is 2.71. The van der Waals surface area contributed by atoms with Crippen molar-refractivity contribution in [1.29, 1.82) is 0 Å².